The minimum atomic E-state index is -4.03. The molecule has 1 saturated heterocycles. The molecule has 0 aliphatic carbocycles. The van der Waals surface area contributed by atoms with Gasteiger partial charge < -0.3 is 0 Å². The van der Waals surface area contributed by atoms with Crippen LogP contribution >= 0.6 is 46.6 Å². The van der Waals surface area contributed by atoms with Gasteiger partial charge in [0.1, 0.15) is 0 Å². The summed E-state index contributed by atoms with van der Waals surface area (Å²) in [5.41, 5.74) is 0.238. The highest BCUT2D eigenvalue weighted by Crippen LogP contribution is 2.35. The van der Waals surface area contributed by atoms with Gasteiger partial charge in [0.15, 0.2) is 0 Å². The molecule has 0 N–H and O–H groups in total. The van der Waals surface area contributed by atoms with Gasteiger partial charge in [0.05, 0.1) is 21.4 Å². The van der Waals surface area contributed by atoms with Crippen LogP contribution < -0.4 is 4.31 Å². The standard InChI is InChI=1S/C21H25Cl3N2O4S3/c1-16(3-2-14-32(27,28)25-10-12-31-13-11-25)26(21-15-18(23)6-9-20(21)24)33(29,30)19-7-4-17(22)5-8-19/h4-9,15-16H,2-3,10-14H2,1H3/t16-/m1/s1. The van der Waals surface area contributed by atoms with Crippen molar-refractivity contribution in [3.8, 4) is 0 Å². The van der Waals surface area contributed by atoms with Crippen molar-refractivity contribution in [2.75, 3.05) is 34.7 Å². The molecular formula is C21H25Cl3N2O4S3. The number of sulfonamides is 2. The van der Waals surface area contributed by atoms with Crippen LogP contribution in [0.4, 0.5) is 5.69 Å². The Balaban J connectivity index is 1.86. The molecule has 1 fully saturated rings. The maximum absolute atomic E-state index is 13.6. The van der Waals surface area contributed by atoms with Gasteiger partial charge in [-0.1, -0.05) is 34.8 Å². The number of halogens is 3. The van der Waals surface area contributed by atoms with Crippen molar-refractivity contribution in [3.63, 3.8) is 0 Å². The van der Waals surface area contributed by atoms with E-state index in [4.69, 9.17) is 34.8 Å². The Morgan fingerprint density at radius 2 is 1.58 bits per heavy atom. The predicted octanol–water partition coefficient (Wildman–Crippen LogP) is 5.39. The number of hydrogen-bond donors (Lipinski definition) is 0. The Morgan fingerprint density at radius 3 is 2.21 bits per heavy atom. The maximum Gasteiger partial charge on any atom is 0.264 e. The molecule has 1 heterocycles. The van der Waals surface area contributed by atoms with Crippen molar-refractivity contribution in [1.29, 1.82) is 0 Å². The van der Waals surface area contributed by atoms with Gasteiger partial charge in [-0.2, -0.15) is 11.8 Å². The quantitative estimate of drug-likeness (QED) is 0.403. The zero-order valence-electron chi connectivity index (χ0n) is 18.0. The van der Waals surface area contributed by atoms with Crippen molar-refractivity contribution in [2.45, 2.75) is 30.7 Å². The Bertz CT molecular complexity index is 1170. The second-order valence-electron chi connectivity index (χ2n) is 7.67. The van der Waals surface area contributed by atoms with E-state index in [1.165, 1.54) is 45.0 Å². The summed E-state index contributed by atoms with van der Waals surface area (Å²) < 4.78 is 55.3. The first-order valence-corrected chi connectivity index (χ1v) is 15.7. The Labute approximate surface area is 215 Å². The van der Waals surface area contributed by atoms with Crippen LogP contribution in [0.2, 0.25) is 15.1 Å². The highest BCUT2D eigenvalue weighted by molar-refractivity contribution is 7.99. The Morgan fingerprint density at radius 1 is 0.970 bits per heavy atom. The topological polar surface area (TPSA) is 74.8 Å². The SMILES string of the molecule is C[C@H](CCCS(=O)(=O)N1CCSCC1)N(c1cc(Cl)ccc1Cl)S(=O)(=O)c1ccc(Cl)cc1. The van der Waals surface area contributed by atoms with Crippen LogP contribution in [0.1, 0.15) is 19.8 Å². The highest BCUT2D eigenvalue weighted by atomic mass is 35.5. The zero-order valence-corrected chi connectivity index (χ0v) is 22.7. The molecule has 0 aromatic heterocycles. The van der Waals surface area contributed by atoms with Crippen molar-refractivity contribution >= 4 is 72.3 Å². The van der Waals surface area contributed by atoms with Crippen LogP contribution in [0, 0.1) is 0 Å². The second-order valence-corrected chi connectivity index (χ2v) is 14.1. The summed E-state index contributed by atoms with van der Waals surface area (Å²) >= 11 is 20.2. The van der Waals surface area contributed by atoms with Crippen molar-refractivity contribution < 1.29 is 16.8 Å². The molecule has 2 aromatic rings. The number of hydrogen-bond acceptors (Lipinski definition) is 5. The first-order valence-electron chi connectivity index (χ1n) is 10.3. The molecule has 0 saturated carbocycles. The third-order valence-corrected chi connectivity index (χ3v) is 11.0. The highest BCUT2D eigenvalue weighted by Gasteiger charge is 2.32. The Kier molecular flexibility index (Phi) is 9.27. The van der Waals surface area contributed by atoms with Crippen molar-refractivity contribution in [3.05, 3.63) is 57.5 Å². The van der Waals surface area contributed by atoms with Crippen molar-refractivity contribution in [1.82, 2.24) is 4.31 Å². The monoisotopic (exact) mass is 570 g/mol. The van der Waals surface area contributed by atoms with Gasteiger partial charge in [-0.05, 0) is 62.2 Å². The molecule has 0 unspecified atom stereocenters. The average Bonchev–Trinajstić information content (AvgIpc) is 2.77. The van der Waals surface area contributed by atoms with Gasteiger partial charge in [0.25, 0.3) is 10.0 Å². The fourth-order valence-electron chi connectivity index (χ4n) is 3.61. The molecule has 2 aromatic carbocycles. The van der Waals surface area contributed by atoms with Gasteiger partial charge in [-0.15, -0.1) is 0 Å². The summed E-state index contributed by atoms with van der Waals surface area (Å²) in [6, 6.07) is 9.89. The van der Waals surface area contributed by atoms with E-state index in [1.807, 2.05) is 0 Å². The normalized spacial score (nSPS) is 16.5. The third-order valence-electron chi connectivity index (χ3n) is 5.30. The molecule has 3 rings (SSSR count). The molecular weight excluding hydrogens is 547 g/mol. The van der Waals surface area contributed by atoms with Gasteiger partial charge in [0.2, 0.25) is 10.0 Å². The number of anilines is 1. The molecule has 0 bridgehead atoms. The summed E-state index contributed by atoms with van der Waals surface area (Å²) in [5, 5.41) is 0.973. The second kappa shape index (κ2) is 11.4. The van der Waals surface area contributed by atoms with Crippen LogP contribution in [-0.2, 0) is 20.0 Å². The van der Waals surface area contributed by atoms with E-state index in [1.54, 1.807) is 24.8 Å². The summed E-state index contributed by atoms with van der Waals surface area (Å²) in [6.07, 6.45) is 0.620. The summed E-state index contributed by atoms with van der Waals surface area (Å²) in [5.74, 6) is 1.53. The fraction of sp³-hybridized carbons (Fsp3) is 0.429. The first kappa shape index (κ1) is 26.9. The minimum Gasteiger partial charge on any atom is -0.262 e. The van der Waals surface area contributed by atoms with E-state index < -0.39 is 26.1 Å². The Hall–Kier alpha value is -0.680. The largest absolute Gasteiger partial charge is 0.264 e. The number of benzene rings is 2. The smallest absolute Gasteiger partial charge is 0.262 e. The van der Waals surface area contributed by atoms with Crippen LogP contribution in [0.3, 0.4) is 0 Å². The van der Waals surface area contributed by atoms with E-state index in [-0.39, 0.29) is 21.4 Å². The van der Waals surface area contributed by atoms with E-state index in [2.05, 4.69) is 0 Å². The molecule has 1 atom stereocenters. The van der Waals surface area contributed by atoms with E-state index in [0.29, 0.717) is 36.0 Å². The van der Waals surface area contributed by atoms with Gasteiger partial charge in [0, 0.05) is 40.7 Å². The molecule has 0 radical (unpaired) electrons. The molecule has 182 valence electrons. The van der Waals surface area contributed by atoms with Gasteiger partial charge in [-0.25, -0.2) is 21.1 Å². The van der Waals surface area contributed by atoms with Crippen LogP contribution in [0.15, 0.2) is 47.4 Å². The molecule has 0 amide bonds. The summed E-state index contributed by atoms with van der Waals surface area (Å²) in [6.45, 7) is 2.75. The zero-order chi connectivity index (χ0) is 24.2. The van der Waals surface area contributed by atoms with E-state index >= 15 is 0 Å². The number of nitrogens with zero attached hydrogens (tertiary/aromatic N) is 2. The average molecular weight is 572 g/mol. The lowest BCUT2D eigenvalue weighted by Crippen LogP contribution is -2.41. The lowest BCUT2D eigenvalue weighted by atomic mass is 10.2. The van der Waals surface area contributed by atoms with E-state index in [0.717, 1.165) is 11.5 Å². The number of thioether (sulfide) groups is 1. The fourth-order valence-corrected chi connectivity index (χ4v) is 8.52. The number of rotatable bonds is 9. The summed E-state index contributed by atoms with van der Waals surface area (Å²) in [7, 11) is -7.41. The van der Waals surface area contributed by atoms with E-state index in [9.17, 15) is 16.8 Å². The van der Waals surface area contributed by atoms with Crippen molar-refractivity contribution in [2.24, 2.45) is 0 Å². The molecule has 6 nitrogen and oxygen atoms in total. The first-order chi connectivity index (χ1) is 15.5. The molecule has 0 spiro atoms. The minimum absolute atomic E-state index is 0.0416. The van der Waals surface area contributed by atoms with Crippen LogP contribution in [0.25, 0.3) is 0 Å². The molecule has 1 aliphatic heterocycles. The predicted molar refractivity (Wildman–Crippen MR) is 139 cm³/mol. The third kappa shape index (κ3) is 6.72. The molecule has 1 aliphatic rings. The van der Waals surface area contributed by atoms with Gasteiger partial charge >= 0.3 is 0 Å². The maximum atomic E-state index is 13.6. The molecule has 12 heteroatoms. The lowest BCUT2D eigenvalue weighted by Gasteiger charge is -2.32. The lowest BCUT2D eigenvalue weighted by molar-refractivity contribution is 0.441. The summed E-state index contributed by atoms with van der Waals surface area (Å²) in [4.78, 5) is 0.0493. The van der Waals surface area contributed by atoms with Crippen LogP contribution in [0.5, 0.6) is 0 Å². The van der Waals surface area contributed by atoms with Gasteiger partial charge in [-0.3, -0.25) is 4.31 Å². The molecule has 33 heavy (non-hydrogen) atoms. The van der Waals surface area contributed by atoms with Crippen LogP contribution in [-0.4, -0.2) is 57.5 Å².